The van der Waals surface area contributed by atoms with E-state index in [0.717, 1.165) is 0 Å². The van der Waals surface area contributed by atoms with Crippen LogP contribution in [0.25, 0.3) is 0 Å². The van der Waals surface area contributed by atoms with E-state index < -0.39 is 122 Å². The molecule has 0 fully saturated rings. The van der Waals surface area contributed by atoms with Gasteiger partial charge in [-0.3, -0.25) is 43.2 Å². The van der Waals surface area contributed by atoms with E-state index >= 15 is 0 Å². The predicted octanol–water partition coefficient (Wildman–Crippen LogP) is -7.37. The molecule has 1 aromatic rings. The van der Waals surface area contributed by atoms with E-state index in [0.29, 0.717) is 31.5 Å². The zero-order chi connectivity index (χ0) is 42.2. The molecule has 0 aliphatic carbocycles. The Morgan fingerprint density at radius 1 is 0.679 bits per heavy atom. The van der Waals surface area contributed by atoms with Gasteiger partial charge in [-0.1, -0.05) is 6.42 Å². The molecule has 0 radical (unpaired) electrons. The van der Waals surface area contributed by atoms with Crippen LogP contribution in [0, 0.1) is 0 Å². The second-order valence-corrected chi connectivity index (χ2v) is 12.6. The van der Waals surface area contributed by atoms with Crippen LogP contribution in [0.1, 0.15) is 31.4 Å². The van der Waals surface area contributed by atoms with Gasteiger partial charge in [-0.15, -0.1) is 0 Å². The van der Waals surface area contributed by atoms with Gasteiger partial charge in [0.2, 0.25) is 53.2 Å². The van der Waals surface area contributed by atoms with Gasteiger partial charge < -0.3 is 69.8 Å². The number of nitrogens with zero attached hydrogens (tertiary/aromatic N) is 1. The quantitative estimate of drug-likeness (QED) is 0.0289. The third-order valence-corrected chi connectivity index (χ3v) is 8.07. The van der Waals surface area contributed by atoms with E-state index in [4.69, 9.17) is 17.2 Å². The summed E-state index contributed by atoms with van der Waals surface area (Å²) < 4.78 is 0. The summed E-state index contributed by atoms with van der Waals surface area (Å²) in [6.07, 6.45) is 3.57. The monoisotopic (exact) mass is 831 g/mol. The average molecular weight is 832 g/mol. The molecule has 26 heteroatoms. The van der Waals surface area contributed by atoms with Gasteiger partial charge in [0.1, 0.15) is 24.2 Å². The van der Waals surface area contributed by atoms with Crippen LogP contribution in [-0.2, 0) is 54.4 Å². The van der Waals surface area contributed by atoms with Gasteiger partial charge in [-0.25, -0.2) is 9.78 Å². The molecule has 1 heterocycles. The van der Waals surface area contributed by atoms with Crippen molar-refractivity contribution >= 4 is 84.4 Å². The lowest BCUT2D eigenvalue weighted by molar-refractivity contribution is -0.142. The first kappa shape index (κ1) is 48.5. The maximum Gasteiger partial charge on any atom is 0.326 e. The average Bonchev–Trinajstić information content (AvgIpc) is 3.67. The molecule has 0 aliphatic rings. The number of hydrogen-bond donors (Lipinski definition) is 15. The SMILES string of the molecule is NCCCC[C@H](N)C(=O)NCC(=O)N[C@@H](CC(N)=O)C(=O)NCC(=O)NCC(=O)N[C@@H](CS)C(=O)NCC(=O)N[C@@H](CS)C(=O)N[C@@H](Cc1cnc[nH]1)C(=O)O. The second kappa shape index (κ2) is 26.4. The summed E-state index contributed by atoms with van der Waals surface area (Å²) in [4.78, 5) is 129. The molecule has 0 aromatic carbocycles. The van der Waals surface area contributed by atoms with Crippen LogP contribution in [0.2, 0.25) is 0 Å². The standard InChI is InChI=1S/C30H49N13O11S2/c31-4-2-1-3-16(32)26(49)36-10-24(47)40-17(6-21(33)44)27(50)37-8-22(45)35-9-23(46)41-19(12-55)28(51)38-11-25(48)42-20(13-56)29(52)43-18(30(53)54)5-15-7-34-14-39-15/h7,14,16-20,55-56H,1-6,8-13,31-32H2,(H2,33,44)(H,34,39)(H,35,45)(H,36,49)(H,37,50)(H,38,51)(H,40,47)(H,41,46)(H,42,48)(H,43,52)(H,53,54)/t16-,17-,18-,19-,20-/m0/s1. The van der Waals surface area contributed by atoms with Crippen LogP contribution in [0.3, 0.4) is 0 Å². The van der Waals surface area contributed by atoms with Gasteiger partial charge in [0.05, 0.1) is 45.0 Å². The Bertz CT molecular complexity index is 1530. The Kier molecular flexibility index (Phi) is 22.8. The number of carboxylic acids is 1. The summed E-state index contributed by atoms with van der Waals surface area (Å²) in [6, 6.07) is -6.30. The number of aliphatic carboxylic acids is 1. The lowest BCUT2D eigenvalue weighted by Gasteiger charge is -2.20. The van der Waals surface area contributed by atoms with Crippen LogP contribution < -0.4 is 59.7 Å². The zero-order valence-corrected chi connectivity index (χ0v) is 31.9. The van der Waals surface area contributed by atoms with E-state index in [-0.39, 0.29) is 17.9 Å². The number of nitrogens with one attached hydrogen (secondary N) is 9. The largest absolute Gasteiger partial charge is 0.480 e. The number of H-pyrrole nitrogens is 1. The molecule has 5 atom stereocenters. The van der Waals surface area contributed by atoms with Gasteiger partial charge in [0.15, 0.2) is 0 Å². The summed E-state index contributed by atoms with van der Waals surface area (Å²) in [5.74, 6) is -9.48. The Hall–Kier alpha value is -5.47. The molecule has 24 nitrogen and oxygen atoms in total. The van der Waals surface area contributed by atoms with Crippen molar-refractivity contribution in [2.45, 2.75) is 62.3 Å². The van der Waals surface area contributed by atoms with E-state index in [1.54, 1.807) is 0 Å². The normalized spacial score (nSPS) is 13.3. The highest BCUT2D eigenvalue weighted by Crippen LogP contribution is 2.01. The molecule has 0 spiro atoms. The topological polar surface area (TPSA) is 394 Å². The molecule has 0 aliphatic heterocycles. The van der Waals surface area contributed by atoms with Crippen LogP contribution in [0.4, 0.5) is 0 Å². The molecular formula is C30H49N13O11S2. The molecule has 0 saturated carbocycles. The van der Waals surface area contributed by atoms with Crippen LogP contribution in [0.15, 0.2) is 12.5 Å². The fourth-order valence-corrected chi connectivity index (χ4v) is 4.90. The third kappa shape index (κ3) is 19.7. The third-order valence-electron chi connectivity index (χ3n) is 7.34. The van der Waals surface area contributed by atoms with Crippen LogP contribution in [-0.4, -0.2) is 149 Å². The lowest BCUT2D eigenvalue weighted by atomic mass is 10.1. The van der Waals surface area contributed by atoms with Gasteiger partial charge in [0.25, 0.3) is 0 Å². The summed E-state index contributed by atoms with van der Waals surface area (Å²) >= 11 is 8.03. The van der Waals surface area contributed by atoms with Crippen LogP contribution >= 0.6 is 25.3 Å². The maximum atomic E-state index is 12.6. The number of aromatic amines is 1. The Labute approximate surface area is 331 Å². The van der Waals surface area contributed by atoms with Crippen molar-refractivity contribution in [1.82, 2.24) is 52.5 Å². The van der Waals surface area contributed by atoms with E-state index in [1.165, 1.54) is 12.5 Å². The van der Waals surface area contributed by atoms with Crippen molar-refractivity contribution in [3.8, 4) is 0 Å². The molecule has 16 N–H and O–H groups in total. The van der Waals surface area contributed by atoms with Crippen molar-refractivity contribution in [3.05, 3.63) is 18.2 Å². The fourth-order valence-electron chi connectivity index (χ4n) is 4.38. The van der Waals surface area contributed by atoms with Gasteiger partial charge in [-0.05, 0) is 19.4 Å². The first-order valence-electron chi connectivity index (χ1n) is 16.9. The molecule has 56 heavy (non-hydrogen) atoms. The number of hydrogen-bond acceptors (Lipinski definition) is 15. The number of amides is 9. The number of nitrogens with two attached hydrogens (primary N) is 3. The summed E-state index contributed by atoms with van der Waals surface area (Å²) in [6.45, 7) is -2.16. The Morgan fingerprint density at radius 2 is 1.18 bits per heavy atom. The molecule has 0 saturated heterocycles. The molecular weight excluding hydrogens is 783 g/mol. The van der Waals surface area contributed by atoms with Gasteiger partial charge in [0, 0.05) is 29.8 Å². The number of carbonyl (C=O) groups excluding carboxylic acids is 9. The molecule has 0 unspecified atom stereocenters. The summed E-state index contributed by atoms with van der Waals surface area (Å²) in [5.41, 5.74) is 16.8. The first-order valence-corrected chi connectivity index (χ1v) is 18.2. The number of primary amides is 1. The Balaban J connectivity index is 2.53. The first-order chi connectivity index (χ1) is 26.5. The van der Waals surface area contributed by atoms with Crippen molar-refractivity contribution in [3.63, 3.8) is 0 Å². The van der Waals surface area contributed by atoms with E-state index in [9.17, 15) is 53.1 Å². The van der Waals surface area contributed by atoms with Crippen molar-refractivity contribution in [2.24, 2.45) is 17.2 Å². The minimum Gasteiger partial charge on any atom is -0.480 e. The molecule has 1 aromatic heterocycles. The molecule has 0 bridgehead atoms. The smallest absolute Gasteiger partial charge is 0.326 e. The van der Waals surface area contributed by atoms with E-state index in [2.05, 4.69) is 77.8 Å². The lowest BCUT2D eigenvalue weighted by Crippen LogP contribution is -2.56. The number of unbranched alkanes of at least 4 members (excludes halogenated alkanes) is 1. The number of imidazole rings is 1. The highest BCUT2D eigenvalue weighted by atomic mass is 32.1. The number of aromatic nitrogens is 2. The summed E-state index contributed by atoms with van der Waals surface area (Å²) in [7, 11) is 0. The van der Waals surface area contributed by atoms with E-state index in [1.807, 2.05) is 0 Å². The van der Waals surface area contributed by atoms with Crippen molar-refractivity contribution in [2.75, 3.05) is 44.2 Å². The Morgan fingerprint density at radius 3 is 1.68 bits per heavy atom. The molecule has 9 amide bonds. The highest BCUT2D eigenvalue weighted by molar-refractivity contribution is 7.80. The molecule has 312 valence electrons. The predicted molar refractivity (Wildman–Crippen MR) is 202 cm³/mol. The number of carbonyl (C=O) groups is 10. The zero-order valence-electron chi connectivity index (χ0n) is 30.1. The minimum absolute atomic E-state index is 0.112. The number of thiol groups is 2. The van der Waals surface area contributed by atoms with Crippen molar-refractivity contribution in [1.29, 1.82) is 0 Å². The molecule has 1 rings (SSSR count). The van der Waals surface area contributed by atoms with Gasteiger partial charge >= 0.3 is 5.97 Å². The van der Waals surface area contributed by atoms with Crippen molar-refractivity contribution < 1.29 is 53.1 Å². The minimum atomic E-state index is -1.51. The summed E-state index contributed by atoms with van der Waals surface area (Å²) in [5, 5.41) is 27.5. The second-order valence-electron chi connectivity index (χ2n) is 11.9. The number of carboxylic acid groups (broad SMARTS) is 1. The fraction of sp³-hybridized carbons (Fsp3) is 0.567. The maximum absolute atomic E-state index is 12.6. The van der Waals surface area contributed by atoms with Gasteiger partial charge in [-0.2, -0.15) is 25.3 Å². The van der Waals surface area contributed by atoms with Crippen LogP contribution in [0.5, 0.6) is 0 Å². The highest BCUT2D eigenvalue weighted by Gasteiger charge is 2.28. The number of rotatable bonds is 27.